The lowest BCUT2D eigenvalue weighted by Gasteiger charge is -2.36. The number of rotatable bonds is 6. The Hall–Kier alpha value is -2.40. The molecule has 5 nitrogen and oxygen atoms in total. The Morgan fingerprint density at radius 3 is 2.73 bits per heavy atom. The summed E-state index contributed by atoms with van der Waals surface area (Å²) in [4.78, 5) is 24.7. The second-order valence-corrected chi connectivity index (χ2v) is 9.55. The van der Waals surface area contributed by atoms with Crippen LogP contribution >= 0.6 is 0 Å². The van der Waals surface area contributed by atoms with Crippen LogP contribution in [0.5, 0.6) is 0 Å². The van der Waals surface area contributed by atoms with Crippen LogP contribution in [0.1, 0.15) is 57.9 Å². The topological polar surface area (TPSA) is 67.4 Å². The monoisotopic (exact) mass is 408 g/mol. The molecule has 30 heavy (non-hydrogen) atoms. The Balaban J connectivity index is 1.40. The fourth-order valence-electron chi connectivity index (χ4n) is 4.93. The molecule has 2 heterocycles. The van der Waals surface area contributed by atoms with Gasteiger partial charge in [0.15, 0.2) is 0 Å². The first-order valence-electron chi connectivity index (χ1n) is 11.0. The molecule has 0 unspecified atom stereocenters. The molecule has 2 N–H and O–H groups in total. The minimum absolute atomic E-state index is 0.0664. The predicted molar refractivity (Wildman–Crippen MR) is 118 cm³/mol. The van der Waals surface area contributed by atoms with Gasteiger partial charge in [-0.25, -0.2) is 0 Å². The molecule has 2 saturated heterocycles. The van der Waals surface area contributed by atoms with Crippen molar-refractivity contribution in [2.45, 2.75) is 76.0 Å². The van der Waals surface area contributed by atoms with Gasteiger partial charge in [0.05, 0.1) is 5.60 Å². The summed E-state index contributed by atoms with van der Waals surface area (Å²) in [7, 11) is 0. The summed E-state index contributed by atoms with van der Waals surface area (Å²) >= 11 is 0. The zero-order valence-corrected chi connectivity index (χ0v) is 18.0. The SMILES string of the molecule is CC1(C)C[C@@H](NC(=O)CC[C@]2(Cc3ccc4ccccc4c3)CCC(=O)N2)CCO1. The summed E-state index contributed by atoms with van der Waals surface area (Å²) in [5, 5.41) is 8.80. The third-order valence-corrected chi connectivity index (χ3v) is 6.48. The average Bonchev–Trinajstić information content (AvgIpc) is 3.06. The highest BCUT2D eigenvalue weighted by Crippen LogP contribution is 2.31. The van der Waals surface area contributed by atoms with Crippen LogP contribution in [0.4, 0.5) is 0 Å². The fourth-order valence-corrected chi connectivity index (χ4v) is 4.93. The lowest BCUT2D eigenvalue weighted by atomic mass is 9.84. The van der Waals surface area contributed by atoms with Crippen LogP contribution in [0.25, 0.3) is 10.8 Å². The summed E-state index contributed by atoms with van der Waals surface area (Å²) in [6.07, 6.45) is 4.82. The van der Waals surface area contributed by atoms with Gasteiger partial charge in [-0.3, -0.25) is 9.59 Å². The van der Waals surface area contributed by atoms with E-state index in [1.165, 1.54) is 16.3 Å². The van der Waals surface area contributed by atoms with Crippen molar-refractivity contribution < 1.29 is 14.3 Å². The first kappa shape index (κ1) is 20.9. The quantitative estimate of drug-likeness (QED) is 0.762. The van der Waals surface area contributed by atoms with E-state index in [0.717, 1.165) is 25.7 Å². The zero-order valence-electron chi connectivity index (χ0n) is 18.0. The van der Waals surface area contributed by atoms with Gasteiger partial charge in [0.2, 0.25) is 11.8 Å². The van der Waals surface area contributed by atoms with Gasteiger partial charge < -0.3 is 15.4 Å². The van der Waals surface area contributed by atoms with E-state index in [4.69, 9.17) is 4.74 Å². The van der Waals surface area contributed by atoms with Crippen LogP contribution in [0.2, 0.25) is 0 Å². The Morgan fingerprint density at radius 1 is 1.20 bits per heavy atom. The van der Waals surface area contributed by atoms with Gasteiger partial charge in [-0.1, -0.05) is 42.5 Å². The first-order valence-corrected chi connectivity index (χ1v) is 11.0. The maximum atomic E-state index is 12.7. The smallest absolute Gasteiger partial charge is 0.220 e. The van der Waals surface area contributed by atoms with E-state index in [1.807, 2.05) is 12.1 Å². The Morgan fingerprint density at radius 2 is 2.00 bits per heavy atom. The van der Waals surface area contributed by atoms with Gasteiger partial charge in [-0.15, -0.1) is 0 Å². The van der Waals surface area contributed by atoms with Crippen LogP contribution in [0, 0.1) is 0 Å². The third kappa shape index (κ3) is 5.01. The molecule has 2 aliphatic heterocycles. The molecule has 2 fully saturated rings. The summed E-state index contributed by atoms with van der Waals surface area (Å²) in [6, 6.07) is 14.9. The second-order valence-electron chi connectivity index (χ2n) is 9.55. The van der Waals surface area contributed by atoms with Gasteiger partial charge in [0, 0.05) is 31.0 Å². The van der Waals surface area contributed by atoms with E-state index in [0.29, 0.717) is 25.9 Å². The Bertz CT molecular complexity index is 939. The zero-order chi connectivity index (χ0) is 21.2. The number of benzene rings is 2. The predicted octanol–water partition coefficient (Wildman–Crippen LogP) is 3.89. The summed E-state index contributed by atoms with van der Waals surface area (Å²) in [5.74, 6) is 0.152. The minimum Gasteiger partial charge on any atom is -0.375 e. The van der Waals surface area contributed by atoms with Crippen molar-refractivity contribution in [3.8, 4) is 0 Å². The van der Waals surface area contributed by atoms with Gasteiger partial charge in [0.25, 0.3) is 0 Å². The number of hydrogen-bond acceptors (Lipinski definition) is 3. The number of fused-ring (bicyclic) bond motifs is 1. The minimum atomic E-state index is -0.341. The van der Waals surface area contributed by atoms with E-state index < -0.39 is 0 Å². The molecule has 0 spiro atoms. The molecule has 0 aliphatic carbocycles. The molecular weight excluding hydrogens is 376 g/mol. The largest absolute Gasteiger partial charge is 0.375 e. The van der Waals surface area contributed by atoms with Crippen LogP contribution in [0.3, 0.4) is 0 Å². The first-order chi connectivity index (χ1) is 14.3. The molecule has 160 valence electrons. The third-order valence-electron chi connectivity index (χ3n) is 6.48. The highest BCUT2D eigenvalue weighted by Gasteiger charge is 2.38. The van der Waals surface area contributed by atoms with E-state index in [-0.39, 0.29) is 29.0 Å². The molecule has 2 aromatic rings. The van der Waals surface area contributed by atoms with E-state index in [9.17, 15) is 9.59 Å². The van der Waals surface area contributed by atoms with Crippen molar-refractivity contribution in [1.29, 1.82) is 0 Å². The maximum Gasteiger partial charge on any atom is 0.220 e. The fraction of sp³-hybridized carbons (Fsp3) is 0.520. The lowest BCUT2D eigenvalue weighted by Crippen LogP contribution is -2.47. The van der Waals surface area contributed by atoms with Gasteiger partial charge >= 0.3 is 0 Å². The lowest BCUT2D eigenvalue weighted by molar-refractivity contribution is -0.125. The number of carbonyl (C=O) groups is 2. The highest BCUT2D eigenvalue weighted by atomic mass is 16.5. The van der Waals surface area contributed by atoms with Crippen molar-refractivity contribution >= 4 is 22.6 Å². The maximum absolute atomic E-state index is 12.7. The molecule has 4 rings (SSSR count). The molecular formula is C25H32N2O3. The van der Waals surface area contributed by atoms with E-state index >= 15 is 0 Å². The van der Waals surface area contributed by atoms with E-state index in [1.54, 1.807) is 0 Å². The highest BCUT2D eigenvalue weighted by molar-refractivity contribution is 5.83. The summed E-state index contributed by atoms with van der Waals surface area (Å²) in [5.41, 5.74) is 0.668. The van der Waals surface area contributed by atoms with Crippen molar-refractivity contribution in [1.82, 2.24) is 10.6 Å². The molecule has 2 aliphatic rings. The van der Waals surface area contributed by atoms with Crippen LogP contribution in [0.15, 0.2) is 42.5 Å². The molecule has 2 aromatic carbocycles. The number of hydrogen-bond donors (Lipinski definition) is 2. The number of nitrogens with one attached hydrogen (secondary N) is 2. The van der Waals surface area contributed by atoms with Crippen molar-refractivity contribution in [2.24, 2.45) is 0 Å². The van der Waals surface area contributed by atoms with Gasteiger partial charge in [0.1, 0.15) is 0 Å². The number of carbonyl (C=O) groups excluding carboxylic acids is 2. The molecule has 2 atom stereocenters. The van der Waals surface area contributed by atoms with E-state index in [2.05, 4.69) is 54.8 Å². The summed E-state index contributed by atoms with van der Waals surface area (Å²) < 4.78 is 5.74. The number of amides is 2. The van der Waals surface area contributed by atoms with Crippen LogP contribution in [-0.4, -0.2) is 35.6 Å². The van der Waals surface area contributed by atoms with Crippen molar-refractivity contribution in [2.75, 3.05) is 6.61 Å². The van der Waals surface area contributed by atoms with Gasteiger partial charge in [-0.2, -0.15) is 0 Å². The normalized spacial score (nSPS) is 25.8. The molecule has 0 radical (unpaired) electrons. The molecule has 2 amide bonds. The standard InChI is InChI=1S/C25H32N2O3/c1-24(2)17-21(11-14-30-24)26-22(28)9-12-25(13-10-23(29)27-25)16-18-7-8-19-5-3-4-6-20(19)15-18/h3-8,15,21H,9-14,16-17H2,1-2H3,(H,26,28)(H,27,29)/t21-,25+/m0/s1. The molecule has 0 aromatic heterocycles. The average molecular weight is 409 g/mol. The Kier molecular flexibility index (Phi) is 5.83. The van der Waals surface area contributed by atoms with Crippen molar-refractivity contribution in [3.63, 3.8) is 0 Å². The van der Waals surface area contributed by atoms with Crippen LogP contribution < -0.4 is 10.6 Å². The molecule has 5 heteroatoms. The number of ether oxygens (including phenoxy) is 1. The second kappa shape index (κ2) is 8.38. The summed E-state index contributed by atoms with van der Waals surface area (Å²) in [6.45, 7) is 4.82. The molecule has 0 saturated carbocycles. The van der Waals surface area contributed by atoms with Crippen LogP contribution in [-0.2, 0) is 20.7 Å². The van der Waals surface area contributed by atoms with Gasteiger partial charge in [-0.05, 0) is 62.3 Å². The molecule has 0 bridgehead atoms. The van der Waals surface area contributed by atoms with Crippen molar-refractivity contribution in [3.05, 3.63) is 48.0 Å². The Labute approximate surface area is 178 Å².